The van der Waals surface area contributed by atoms with E-state index in [9.17, 15) is 18.0 Å². The predicted octanol–water partition coefficient (Wildman–Crippen LogP) is 3.65. The van der Waals surface area contributed by atoms with Gasteiger partial charge in [0.15, 0.2) is 5.96 Å². The summed E-state index contributed by atoms with van der Waals surface area (Å²) >= 11 is 0. The molecule has 1 aromatic carbocycles. The highest BCUT2D eigenvalue weighted by Gasteiger charge is 2.33. The summed E-state index contributed by atoms with van der Waals surface area (Å²) in [6, 6.07) is 3.80. The molecule has 0 aliphatic carbocycles. The van der Waals surface area contributed by atoms with Crippen LogP contribution in [-0.2, 0) is 17.5 Å². The molecular formula is C19H30F3IN4O2. The molecule has 0 bridgehead atoms. The molecule has 0 unspecified atom stereocenters. The minimum atomic E-state index is -4.50. The van der Waals surface area contributed by atoms with Crippen LogP contribution in [0.1, 0.15) is 38.3 Å². The summed E-state index contributed by atoms with van der Waals surface area (Å²) < 4.78 is 44.8. The van der Waals surface area contributed by atoms with Gasteiger partial charge in [0.2, 0.25) is 5.91 Å². The van der Waals surface area contributed by atoms with Crippen molar-refractivity contribution >= 4 is 35.8 Å². The Balaban J connectivity index is 0.00000784. The summed E-state index contributed by atoms with van der Waals surface area (Å²) in [7, 11) is 1.32. The zero-order valence-corrected chi connectivity index (χ0v) is 19.6. The molecule has 0 spiro atoms. The van der Waals surface area contributed by atoms with Crippen molar-refractivity contribution < 1.29 is 22.7 Å². The van der Waals surface area contributed by atoms with E-state index in [4.69, 9.17) is 4.74 Å². The molecule has 0 radical (unpaired) electrons. The van der Waals surface area contributed by atoms with Crippen LogP contribution in [0, 0.1) is 0 Å². The summed E-state index contributed by atoms with van der Waals surface area (Å²) in [5.41, 5.74) is -0.729. The molecule has 10 heteroatoms. The van der Waals surface area contributed by atoms with Gasteiger partial charge in [-0.3, -0.25) is 4.79 Å². The number of aliphatic imine (C=N–C) groups is 1. The quantitative estimate of drug-likeness (QED) is 0.291. The van der Waals surface area contributed by atoms with Crippen LogP contribution in [0.3, 0.4) is 0 Å². The first-order chi connectivity index (χ1) is 13.3. The van der Waals surface area contributed by atoms with Gasteiger partial charge in [0.05, 0.1) is 19.2 Å². The number of hydrogen-bond acceptors (Lipinski definition) is 3. The summed E-state index contributed by atoms with van der Waals surface area (Å²) in [4.78, 5) is 18.0. The maximum atomic E-state index is 13.3. The van der Waals surface area contributed by atoms with Crippen molar-refractivity contribution in [1.82, 2.24) is 15.5 Å². The average molecular weight is 530 g/mol. The first-order valence-corrected chi connectivity index (χ1v) is 9.30. The molecule has 29 heavy (non-hydrogen) atoms. The first-order valence-electron chi connectivity index (χ1n) is 9.30. The highest BCUT2D eigenvalue weighted by molar-refractivity contribution is 14.0. The van der Waals surface area contributed by atoms with Crippen LogP contribution in [0.2, 0.25) is 0 Å². The van der Waals surface area contributed by atoms with Crippen LogP contribution in [0.25, 0.3) is 0 Å². The van der Waals surface area contributed by atoms with Crippen LogP contribution in [-0.4, -0.2) is 50.1 Å². The number of rotatable bonds is 9. The molecule has 0 saturated heterocycles. The Morgan fingerprint density at radius 2 is 1.83 bits per heavy atom. The van der Waals surface area contributed by atoms with Crippen molar-refractivity contribution in [3.63, 3.8) is 0 Å². The minimum Gasteiger partial charge on any atom is -0.497 e. The average Bonchev–Trinajstić information content (AvgIpc) is 2.66. The van der Waals surface area contributed by atoms with Gasteiger partial charge in [-0.05, 0) is 38.5 Å². The van der Waals surface area contributed by atoms with Gasteiger partial charge < -0.3 is 20.3 Å². The topological polar surface area (TPSA) is 66.0 Å². The first kappa shape index (κ1) is 27.3. The van der Waals surface area contributed by atoms with E-state index in [1.807, 2.05) is 20.8 Å². The van der Waals surface area contributed by atoms with Crippen molar-refractivity contribution in [1.29, 1.82) is 0 Å². The van der Waals surface area contributed by atoms with E-state index in [1.54, 1.807) is 4.90 Å². The molecule has 1 rings (SSSR count). The number of nitrogens with one attached hydrogen (secondary N) is 2. The summed E-state index contributed by atoms with van der Waals surface area (Å²) in [5, 5.41) is 5.96. The van der Waals surface area contributed by atoms with Crippen molar-refractivity contribution in [3.05, 3.63) is 29.3 Å². The number of ether oxygens (including phenoxy) is 1. The van der Waals surface area contributed by atoms with Gasteiger partial charge in [-0.25, -0.2) is 4.99 Å². The maximum Gasteiger partial charge on any atom is 0.416 e. The molecule has 2 N–H and O–H groups in total. The van der Waals surface area contributed by atoms with Gasteiger partial charge in [0, 0.05) is 32.6 Å². The van der Waals surface area contributed by atoms with Crippen molar-refractivity contribution in [2.75, 3.05) is 33.3 Å². The second-order valence-corrected chi connectivity index (χ2v) is 5.96. The van der Waals surface area contributed by atoms with Crippen LogP contribution in [0.4, 0.5) is 13.2 Å². The van der Waals surface area contributed by atoms with E-state index in [1.165, 1.54) is 19.2 Å². The smallest absolute Gasteiger partial charge is 0.416 e. The van der Waals surface area contributed by atoms with E-state index < -0.39 is 11.7 Å². The lowest BCUT2D eigenvalue weighted by atomic mass is 10.1. The molecule has 1 aromatic rings. The fourth-order valence-electron chi connectivity index (χ4n) is 2.61. The lowest BCUT2D eigenvalue weighted by molar-refractivity contribution is -0.138. The molecule has 0 atom stereocenters. The van der Waals surface area contributed by atoms with Gasteiger partial charge in [0.1, 0.15) is 5.75 Å². The molecular weight excluding hydrogens is 500 g/mol. The number of guanidine groups is 1. The van der Waals surface area contributed by atoms with E-state index in [0.29, 0.717) is 32.1 Å². The van der Waals surface area contributed by atoms with Gasteiger partial charge in [-0.2, -0.15) is 13.2 Å². The van der Waals surface area contributed by atoms with E-state index >= 15 is 0 Å². The Kier molecular flexibility index (Phi) is 12.7. The number of carbonyl (C=O) groups excluding carboxylic acids is 1. The monoisotopic (exact) mass is 530 g/mol. The van der Waals surface area contributed by atoms with E-state index in [2.05, 4.69) is 15.6 Å². The molecule has 0 fully saturated rings. The standard InChI is InChI=1S/C19H29F3N4O2.HI/c1-5-23-18(24-11-10-17(27)26(6-2)7-3)25-13-14-8-9-15(28-4)12-16(14)19(20,21)22;/h8-9,12H,5-7,10-11,13H2,1-4H3,(H2,23,24,25);1H. The lowest BCUT2D eigenvalue weighted by Crippen LogP contribution is -2.40. The number of amides is 1. The SMILES string of the molecule is CCNC(=NCc1ccc(OC)cc1C(F)(F)F)NCCC(=O)N(CC)CC.I. The zero-order valence-electron chi connectivity index (χ0n) is 17.2. The Labute approximate surface area is 187 Å². The highest BCUT2D eigenvalue weighted by atomic mass is 127. The number of hydrogen-bond donors (Lipinski definition) is 2. The molecule has 0 aliphatic rings. The maximum absolute atomic E-state index is 13.3. The number of alkyl halides is 3. The van der Waals surface area contributed by atoms with Crippen LogP contribution in [0.5, 0.6) is 5.75 Å². The minimum absolute atomic E-state index is 0. The van der Waals surface area contributed by atoms with E-state index in [-0.39, 0.29) is 54.2 Å². The number of methoxy groups -OCH3 is 1. The Morgan fingerprint density at radius 1 is 1.17 bits per heavy atom. The summed E-state index contributed by atoms with van der Waals surface area (Å²) in [6.07, 6.45) is -4.22. The second kappa shape index (κ2) is 13.5. The molecule has 0 heterocycles. The predicted molar refractivity (Wildman–Crippen MR) is 119 cm³/mol. The van der Waals surface area contributed by atoms with Crippen molar-refractivity contribution in [2.24, 2.45) is 4.99 Å². The van der Waals surface area contributed by atoms with Crippen LogP contribution >= 0.6 is 24.0 Å². The fraction of sp³-hybridized carbons (Fsp3) is 0.579. The third kappa shape index (κ3) is 9.09. The normalized spacial score (nSPS) is 11.5. The van der Waals surface area contributed by atoms with Crippen LogP contribution < -0.4 is 15.4 Å². The Morgan fingerprint density at radius 3 is 2.34 bits per heavy atom. The highest BCUT2D eigenvalue weighted by Crippen LogP contribution is 2.34. The van der Waals surface area contributed by atoms with Gasteiger partial charge in [-0.15, -0.1) is 24.0 Å². The van der Waals surface area contributed by atoms with Crippen molar-refractivity contribution in [2.45, 2.75) is 39.9 Å². The molecule has 6 nitrogen and oxygen atoms in total. The third-order valence-electron chi connectivity index (χ3n) is 4.12. The fourth-order valence-corrected chi connectivity index (χ4v) is 2.61. The second-order valence-electron chi connectivity index (χ2n) is 5.96. The van der Waals surface area contributed by atoms with E-state index in [0.717, 1.165) is 6.07 Å². The number of nitrogens with zero attached hydrogens (tertiary/aromatic N) is 2. The molecule has 0 aliphatic heterocycles. The number of carbonyl (C=O) groups is 1. The molecule has 0 saturated carbocycles. The molecule has 166 valence electrons. The number of halogens is 4. The van der Waals surface area contributed by atoms with Crippen molar-refractivity contribution in [3.8, 4) is 5.75 Å². The summed E-state index contributed by atoms with van der Waals surface area (Å²) in [6.45, 7) is 7.69. The van der Waals surface area contributed by atoms with Gasteiger partial charge >= 0.3 is 6.18 Å². The summed E-state index contributed by atoms with van der Waals surface area (Å²) in [5.74, 6) is 0.515. The largest absolute Gasteiger partial charge is 0.497 e. The third-order valence-corrected chi connectivity index (χ3v) is 4.12. The Bertz CT molecular complexity index is 665. The molecule has 1 amide bonds. The lowest BCUT2D eigenvalue weighted by Gasteiger charge is -2.19. The number of benzene rings is 1. The van der Waals surface area contributed by atoms with Gasteiger partial charge in [0.25, 0.3) is 0 Å². The zero-order chi connectivity index (χ0) is 21.2. The Hall–Kier alpha value is -1.72. The van der Waals surface area contributed by atoms with Crippen LogP contribution in [0.15, 0.2) is 23.2 Å². The molecule has 0 aromatic heterocycles. The van der Waals surface area contributed by atoms with Gasteiger partial charge in [-0.1, -0.05) is 6.07 Å².